The van der Waals surface area contributed by atoms with E-state index in [0.717, 1.165) is 30.8 Å². The van der Waals surface area contributed by atoms with Crippen molar-refractivity contribution in [1.82, 2.24) is 4.90 Å². The van der Waals surface area contributed by atoms with Crippen molar-refractivity contribution in [3.05, 3.63) is 21.9 Å². The molecule has 108 valence electrons. The van der Waals surface area contributed by atoms with Gasteiger partial charge in [-0.3, -0.25) is 9.69 Å². The molecule has 3 N–H and O–H groups in total. The molecular weight excluding hydrogens is 272 g/mol. The van der Waals surface area contributed by atoms with Crippen LogP contribution < -0.4 is 5.73 Å². The molecule has 5 heteroatoms. The van der Waals surface area contributed by atoms with Crippen molar-refractivity contribution in [2.24, 2.45) is 11.7 Å². The van der Waals surface area contributed by atoms with E-state index in [-0.39, 0.29) is 18.4 Å². The third kappa shape index (κ3) is 3.83. The van der Waals surface area contributed by atoms with Crippen LogP contribution in [0.25, 0.3) is 0 Å². The summed E-state index contributed by atoms with van der Waals surface area (Å²) >= 11 is 1.64. The molecule has 1 aliphatic heterocycles. The number of nitrogens with two attached hydrogens (primary N) is 1. The van der Waals surface area contributed by atoms with Gasteiger partial charge >= 0.3 is 0 Å². The summed E-state index contributed by atoms with van der Waals surface area (Å²) in [5.74, 6) is 5.35. The predicted molar refractivity (Wildman–Crippen MR) is 80.1 cm³/mol. The van der Waals surface area contributed by atoms with Gasteiger partial charge in [-0.05, 0) is 31.9 Å². The molecule has 4 nitrogen and oxygen atoms in total. The first-order chi connectivity index (χ1) is 9.60. The molecule has 0 radical (unpaired) electrons. The summed E-state index contributed by atoms with van der Waals surface area (Å²) < 4.78 is 0. The van der Waals surface area contributed by atoms with E-state index in [0.29, 0.717) is 6.04 Å². The second kappa shape index (κ2) is 6.89. The number of likely N-dealkylation sites (tertiary alicyclic amines) is 1. The standard InChI is InChI=1S/C15H20N2O2S/c1-11-4-5-12(15(16)19)9-17(11)10-14-7-6-13(20-14)3-2-8-18/h6-7,11-12,18H,4-5,8-10H2,1H3,(H2,16,19). The zero-order chi connectivity index (χ0) is 14.5. The van der Waals surface area contributed by atoms with E-state index >= 15 is 0 Å². The quantitative estimate of drug-likeness (QED) is 0.822. The first-order valence-electron chi connectivity index (χ1n) is 6.82. The summed E-state index contributed by atoms with van der Waals surface area (Å²) in [6, 6.07) is 4.51. The molecule has 1 aromatic rings. The lowest BCUT2D eigenvalue weighted by Crippen LogP contribution is -2.45. The van der Waals surface area contributed by atoms with Crippen LogP contribution in [0, 0.1) is 17.8 Å². The Kier molecular flexibility index (Phi) is 5.18. The molecule has 1 saturated heterocycles. The van der Waals surface area contributed by atoms with Crippen molar-refractivity contribution in [2.75, 3.05) is 13.2 Å². The third-order valence-corrected chi connectivity index (χ3v) is 4.71. The van der Waals surface area contributed by atoms with Crippen molar-refractivity contribution in [1.29, 1.82) is 0 Å². The number of primary amides is 1. The van der Waals surface area contributed by atoms with Gasteiger partial charge in [0.2, 0.25) is 5.91 Å². The van der Waals surface area contributed by atoms with E-state index < -0.39 is 0 Å². The second-order valence-corrected chi connectivity index (χ2v) is 6.35. The van der Waals surface area contributed by atoms with Gasteiger partial charge in [-0.1, -0.05) is 11.8 Å². The smallest absolute Gasteiger partial charge is 0.221 e. The molecule has 20 heavy (non-hydrogen) atoms. The molecule has 1 fully saturated rings. The van der Waals surface area contributed by atoms with Crippen molar-refractivity contribution in [2.45, 2.75) is 32.4 Å². The van der Waals surface area contributed by atoms with Crippen molar-refractivity contribution in [3.8, 4) is 11.8 Å². The Labute approximate surface area is 123 Å². The van der Waals surface area contributed by atoms with E-state index in [4.69, 9.17) is 10.8 Å². The van der Waals surface area contributed by atoms with Crippen LogP contribution in [0.1, 0.15) is 29.5 Å². The Balaban J connectivity index is 2.00. The fourth-order valence-electron chi connectivity index (χ4n) is 2.49. The van der Waals surface area contributed by atoms with E-state index in [2.05, 4.69) is 29.7 Å². The largest absolute Gasteiger partial charge is 0.384 e. The van der Waals surface area contributed by atoms with E-state index in [9.17, 15) is 4.79 Å². The second-order valence-electron chi connectivity index (χ2n) is 5.18. The fraction of sp³-hybridized carbons (Fsp3) is 0.533. The minimum atomic E-state index is -0.192. The Hall–Kier alpha value is -1.35. The third-order valence-electron chi connectivity index (χ3n) is 3.72. The van der Waals surface area contributed by atoms with Gasteiger partial charge in [-0.15, -0.1) is 11.3 Å². The van der Waals surface area contributed by atoms with Gasteiger partial charge in [0.25, 0.3) is 0 Å². The van der Waals surface area contributed by atoms with Gasteiger partial charge in [0, 0.05) is 24.0 Å². The van der Waals surface area contributed by atoms with Crippen LogP contribution in [0.4, 0.5) is 0 Å². The zero-order valence-corrected chi connectivity index (χ0v) is 12.4. The topological polar surface area (TPSA) is 66.6 Å². The molecule has 2 atom stereocenters. The van der Waals surface area contributed by atoms with E-state index in [1.807, 2.05) is 6.07 Å². The number of carbonyl (C=O) groups is 1. The zero-order valence-electron chi connectivity index (χ0n) is 11.6. The maximum Gasteiger partial charge on any atom is 0.221 e. The van der Waals surface area contributed by atoms with Crippen LogP contribution in [0.2, 0.25) is 0 Å². The molecule has 2 heterocycles. The molecule has 2 rings (SSSR count). The lowest BCUT2D eigenvalue weighted by atomic mass is 9.93. The molecule has 0 bridgehead atoms. The molecule has 1 aliphatic rings. The summed E-state index contributed by atoms with van der Waals surface area (Å²) in [5, 5.41) is 8.69. The molecule has 2 unspecified atom stereocenters. The maximum absolute atomic E-state index is 11.3. The van der Waals surface area contributed by atoms with Crippen molar-refractivity contribution < 1.29 is 9.90 Å². The number of hydrogen-bond acceptors (Lipinski definition) is 4. The highest BCUT2D eigenvalue weighted by Crippen LogP contribution is 2.25. The Morgan fingerprint density at radius 1 is 1.55 bits per heavy atom. The Bertz CT molecular complexity index is 529. The van der Waals surface area contributed by atoms with Crippen LogP contribution in [0.3, 0.4) is 0 Å². The van der Waals surface area contributed by atoms with E-state index in [1.54, 1.807) is 11.3 Å². The number of carbonyl (C=O) groups excluding carboxylic acids is 1. The molecule has 1 amide bonds. The van der Waals surface area contributed by atoms with Gasteiger partial charge in [0.1, 0.15) is 6.61 Å². The highest BCUT2D eigenvalue weighted by Gasteiger charge is 2.28. The normalized spacial score (nSPS) is 23.1. The summed E-state index contributed by atoms with van der Waals surface area (Å²) in [6.45, 7) is 3.65. The van der Waals surface area contributed by atoms with Gasteiger partial charge in [-0.25, -0.2) is 0 Å². The molecule has 0 saturated carbocycles. The number of nitrogens with zero attached hydrogens (tertiary/aromatic N) is 1. The summed E-state index contributed by atoms with van der Waals surface area (Å²) in [4.78, 5) is 15.8. The van der Waals surface area contributed by atoms with Crippen LogP contribution in [-0.2, 0) is 11.3 Å². The minimum absolute atomic E-state index is 0.0280. The van der Waals surface area contributed by atoms with Gasteiger partial charge in [0.05, 0.1) is 10.8 Å². The fourth-order valence-corrected chi connectivity index (χ4v) is 3.40. The molecule has 0 aliphatic carbocycles. The van der Waals surface area contributed by atoms with Gasteiger partial charge in [-0.2, -0.15) is 0 Å². The minimum Gasteiger partial charge on any atom is -0.384 e. The highest BCUT2D eigenvalue weighted by atomic mass is 32.1. The van der Waals surface area contributed by atoms with Crippen LogP contribution in [0.15, 0.2) is 12.1 Å². The number of amides is 1. The average Bonchev–Trinajstić information content (AvgIpc) is 2.86. The number of piperidine rings is 1. The van der Waals surface area contributed by atoms with Gasteiger partial charge < -0.3 is 10.8 Å². The predicted octanol–water partition coefficient (Wildman–Crippen LogP) is 1.18. The van der Waals surface area contributed by atoms with Crippen LogP contribution in [0.5, 0.6) is 0 Å². The molecular formula is C15H20N2O2S. The summed E-state index contributed by atoms with van der Waals surface area (Å²) in [6.07, 6.45) is 1.90. The first kappa shape index (κ1) is 15.0. The Morgan fingerprint density at radius 2 is 2.35 bits per heavy atom. The molecule has 1 aromatic heterocycles. The van der Waals surface area contributed by atoms with Crippen LogP contribution in [-0.4, -0.2) is 35.1 Å². The summed E-state index contributed by atoms with van der Waals surface area (Å²) in [7, 11) is 0. The average molecular weight is 292 g/mol. The number of thiophene rings is 1. The Morgan fingerprint density at radius 3 is 3.05 bits per heavy atom. The molecule has 0 spiro atoms. The van der Waals surface area contributed by atoms with E-state index in [1.165, 1.54) is 4.88 Å². The van der Waals surface area contributed by atoms with Gasteiger partial charge in [0.15, 0.2) is 0 Å². The number of hydrogen-bond donors (Lipinski definition) is 2. The lowest BCUT2D eigenvalue weighted by Gasteiger charge is -2.36. The first-order valence-corrected chi connectivity index (χ1v) is 7.63. The van der Waals surface area contributed by atoms with Crippen molar-refractivity contribution in [3.63, 3.8) is 0 Å². The SMILES string of the molecule is CC1CCC(C(N)=O)CN1Cc1ccc(C#CCO)s1. The number of aliphatic hydroxyl groups excluding tert-OH is 1. The molecule has 0 aromatic carbocycles. The van der Waals surface area contributed by atoms with Crippen molar-refractivity contribution >= 4 is 17.2 Å². The van der Waals surface area contributed by atoms with Crippen LogP contribution >= 0.6 is 11.3 Å². The highest BCUT2D eigenvalue weighted by molar-refractivity contribution is 7.12. The number of aliphatic hydroxyl groups is 1. The number of rotatable bonds is 3. The summed E-state index contributed by atoms with van der Waals surface area (Å²) in [5.41, 5.74) is 5.42. The maximum atomic E-state index is 11.3. The lowest BCUT2D eigenvalue weighted by molar-refractivity contribution is -0.124. The monoisotopic (exact) mass is 292 g/mol.